The van der Waals surface area contributed by atoms with Gasteiger partial charge in [-0.3, -0.25) is 14.9 Å². The normalized spacial score (nSPS) is 10.3. The monoisotopic (exact) mass is 367 g/mol. The number of anilines is 2. The minimum absolute atomic E-state index is 0.140. The molecular weight excluding hydrogens is 350 g/mol. The molecule has 0 bridgehead atoms. The maximum absolute atomic E-state index is 12.6. The first-order valence-electron chi connectivity index (χ1n) is 7.89. The Kier molecular flexibility index (Phi) is 5.28. The lowest BCUT2D eigenvalue weighted by Gasteiger charge is -2.09. The standard InChI is InChI=1S/C19H17N3O3S/c1-3-10-25-16-7-5-4-6-14(16)18(24)22-19-21-15-9-8-13(20-12(2)23)11-17(15)26-19/h3-9,11H,1,10H2,2H3,(H,20,23)(H,21,22,24). The van der Waals surface area contributed by atoms with Gasteiger partial charge < -0.3 is 10.1 Å². The topological polar surface area (TPSA) is 80.3 Å². The molecule has 1 aromatic heterocycles. The number of hydrogen-bond donors (Lipinski definition) is 2. The molecule has 0 saturated carbocycles. The first-order chi connectivity index (χ1) is 12.6. The SMILES string of the molecule is C=CCOc1ccccc1C(=O)Nc1nc2ccc(NC(C)=O)cc2s1. The van der Waals surface area contributed by atoms with Crippen LogP contribution in [0.3, 0.4) is 0 Å². The third-order valence-corrected chi connectivity index (χ3v) is 4.35. The number of aromatic nitrogens is 1. The van der Waals surface area contributed by atoms with E-state index < -0.39 is 0 Å². The fraction of sp³-hybridized carbons (Fsp3) is 0.105. The summed E-state index contributed by atoms with van der Waals surface area (Å²) >= 11 is 1.33. The number of rotatable bonds is 6. The maximum Gasteiger partial charge on any atom is 0.261 e. The van der Waals surface area contributed by atoms with Crippen LogP contribution in [-0.4, -0.2) is 23.4 Å². The zero-order chi connectivity index (χ0) is 18.5. The van der Waals surface area contributed by atoms with Gasteiger partial charge in [-0.2, -0.15) is 0 Å². The molecule has 0 aliphatic carbocycles. The lowest BCUT2D eigenvalue weighted by molar-refractivity contribution is -0.114. The molecule has 26 heavy (non-hydrogen) atoms. The van der Waals surface area contributed by atoms with Gasteiger partial charge in [0.05, 0.1) is 15.8 Å². The third kappa shape index (κ3) is 4.07. The van der Waals surface area contributed by atoms with Crippen molar-refractivity contribution in [2.75, 3.05) is 17.2 Å². The largest absolute Gasteiger partial charge is 0.489 e. The summed E-state index contributed by atoms with van der Waals surface area (Å²) < 4.78 is 6.38. The summed E-state index contributed by atoms with van der Waals surface area (Å²) in [6.45, 7) is 5.38. The third-order valence-electron chi connectivity index (χ3n) is 3.42. The summed E-state index contributed by atoms with van der Waals surface area (Å²) in [6.07, 6.45) is 1.62. The van der Waals surface area contributed by atoms with Crippen molar-refractivity contribution in [2.24, 2.45) is 0 Å². The quantitative estimate of drug-likeness (QED) is 0.644. The second kappa shape index (κ2) is 7.79. The second-order valence-corrected chi connectivity index (χ2v) is 6.46. The number of benzene rings is 2. The van der Waals surface area contributed by atoms with Crippen molar-refractivity contribution in [3.05, 3.63) is 60.7 Å². The van der Waals surface area contributed by atoms with Crippen molar-refractivity contribution in [3.63, 3.8) is 0 Å². The van der Waals surface area contributed by atoms with Crippen molar-refractivity contribution in [2.45, 2.75) is 6.92 Å². The van der Waals surface area contributed by atoms with Crippen molar-refractivity contribution in [1.29, 1.82) is 0 Å². The Hall–Kier alpha value is -3.19. The molecule has 2 aromatic carbocycles. The van der Waals surface area contributed by atoms with Crippen LogP contribution < -0.4 is 15.4 Å². The van der Waals surface area contributed by atoms with E-state index in [1.807, 2.05) is 6.07 Å². The lowest BCUT2D eigenvalue weighted by atomic mass is 10.2. The van der Waals surface area contributed by atoms with E-state index in [0.717, 1.165) is 10.2 Å². The summed E-state index contributed by atoms with van der Waals surface area (Å²) in [5.41, 5.74) is 1.86. The van der Waals surface area contributed by atoms with Crippen LogP contribution >= 0.6 is 11.3 Å². The van der Waals surface area contributed by atoms with Gasteiger partial charge in [0, 0.05) is 12.6 Å². The summed E-state index contributed by atoms with van der Waals surface area (Å²) in [5, 5.41) is 6.00. The highest BCUT2D eigenvalue weighted by molar-refractivity contribution is 7.22. The Morgan fingerprint density at radius 3 is 2.81 bits per heavy atom. The van der Waals surface area contributed by atoms with E-state index in [2.05, 4.69) is 22.2 Å². The minimum Gasteiger partial charge on any atom is -0.489 e. The first-order valence-corrected chi connectivity index (χ1v) is 8.70. The number of nitrogens with one attached hydrogen (secondary N) is 2. The molecule has 3 rings (SSSR count). The molecule has 0 aliphatic heterocycles. The second-order valence-electron chi connectivity index (χ2n) is 5.43. The number of hydrogen-bond acceptors (Lipinski definition) is 5. The number of amides is 2. The molecule has 0 atom stereocenters. The Morgan fingerprint density at radius 1 is 1.23 bits per heavy atom. The van der Waals surface area contributed by atoms with E-state index in [9.17, 15) is 9.59 Å². The van der Waals surface area contributed by atoms with Gasteiger partial charge in [-0.1, -0.05) is 36.1 Å². The van der Waals surface area contributed by atoms with Crippen LogP contribution in [-0.2, 0) is 4.79 Å². The summed E-state index contributed by atoms with van der Waals surface area (Å²) in [6, 6.07) is 12.4. The number of nitrogens with zero attached hydrogens (tertiary/aromatic N) is 1. The van der Waals surface area contributed by atoms with Crippen LogP contribution in [0.2, 0.25) is 0 Å². The average Bonchev–Trinajstić information content (AvgIpc) is 3.01. The zero-order valence-corrected chi connectivity index (χ0v) is 14.9. The Balaban J connectivity index is 1.81. The Morgan fingerprint density at radius 2 is 2.04 bits per heavy atom. The average molecular weight is 367 g/mol. The molecule has 0 radical (unpaired) electrons. The molecule has 0 unspecified atom stereocenters. The number of fused-ring (bicyclic) bond motifs is 1. The van der Waals surface area contributed by atoms with Crippen molar-refractivity contribution >= 4 is 44.2 Å². The number of thiazole rings is 1. The van der Waals surface area contributed by atoms with Gasteiger partial charge in [-0.25, -0.2) is 4.98 Å². The zero-order valence-electron chi connectivity index (χ0n) is 14.1. The van der Waals surface area contributed by atoms with Gasteiger partial charge >= 0.3 is 0 Å². The number of carbonyl (C=O) groups is 2. The molecule has 2 amide bonds. The Bertz CT molecular complexity index is 981. The molecule has 0 aliphatic rings. The molecule has 1 heterocycles. The predicted molar refractivity (Wildman–Crippen MR) is 104 cm³/mol. The van der Waals surface area contributed by atoms with Crippen LogP contribution in [0.25, 0.3) is 10.2 Å². The predicted octanol–water partition coefficient (Wildman–Crippen LogP) is 4.07. The van der Waals surface area contributed by atoms with Crippen LogP contribution in [0.5, 0.6) is 5.75 Å². The van der Waals surface area contributed by atoms with E-state index >= 15 is 0 Å². The molecule has 0 fully saturated rings. The summed E-state index contributed by atoms with van der Waals surface area (Å²) in [7, 11) is 0. The molecule has 6 nitrogen and oxygen atoms in total. The summed E-state index contributed by atoms with van der Waals surface area (Å²) in [5.74, 6) is 0.0447. The fourth-order valence-electron chi connectivity index (χ4n) is 2.35. The maximum atomic E-state index is 12.6. The highest BCUT2D eigenvalue weighted by Gasteiger charge is 2.14. The van der Waals surface area contributed by atoms with Gasteiger partial charge in [0.1, 0.15) is 12.4 Å². The molecule has 132 valence electrons. The molecule has 2 N–H and O–H groups in total. The van der Waals surface area contributed by atoms with Crippen molar-refractivity contribution < 1.29 is 14.3 Å². The Labute approximate surface area is 154 Å². The highest BCUT2D eigenvalue weighted by atomic mass is 32.1. The van der Waals surface area contributed by atoms with Gasteiger partial charge in [-0.05, 0) is 30.3 Å². The fourth-order valence-corrected chi connectivity index (χ4v) is 3.25. The van der Waals surface area contributed by atoms with E-state index in [1.54, 1.807) is 42.5 Å². The van der Waals surface area contributed by atoms with E-state index in [-0.39, 0.29) is 11.8 Å². The van der Waals surface area contributed by atoms with Crippen LogP contribution in [0.15, 0.2) is 55.1 Å². The molecule has 3 aromatic rings. The molecule has 7 heteroatoms. The highest BCUT2D eigenvalue weighted by Crippen LogP contribution is 2.29. The van der Waals surface area contributed by atoms with Crippen LogP contribution in [0.1, 0.15) is 17.3 Å². The minimum atomic E-state index is -0.300. The smallest absolute Gasteiger partial charge is 0.261 e. The first kappa shape index (κ1) is 17.6. The van der Waals surface area contributed by atoms with Gasteiger partial charge in [0.25, 0.3) is 5.91 Å². The van der Waals surface area contributed by atoms with E-state index in [4.69, 9.17) is 4.74 Å². The number of para-hydroxylation sites is 1. The van der Waals surface area contributed by atoms with Gasteiger partial charge in [-0.15, -0.1) is 0 Å². The van der Waals surface area contributed by atoms with Gasteiger partial charge in [0.15, 0.2) is 5.13 Å². The lowest BCUT2D eigenvalue weighted by Crippen LogP contribution is -2.13. The number of carbonyl (C=O) groups excluding carboxylic acids is 2. The number of ether oxygens (including phenoxy) is 1. The van der Waals surface area contributed by atoms with Crippen LogP contribution in [0, 0.1) is 0 Å². The van der Waals surface area contributed by atoms with Crippen LogP contribution in [0.4, 0.5) is 10.8 Å². The van der Waals surface area contributed by atoms with E-state index in [0.29, 0.717) is 28.7 Å². The van der Waals surface area contributed by atoms with Crippen molar-refractivity contribution in [3.8, 4) is 5.75 Å². The molecule has 0 saturated heterocycles. The van der Waals surface area contributed by atoms with E-state index in [1.165, 1.54) is 18.3 Å². The molecular formula is C19H17N3O3S. The van der Waals surface area contributed by atoms with Crippen molar-refractivity contribution in [1.82, 2.24) is 4.98 Å². The molecule has 0 spiro atoms. The van der Waals surface area contributed by atoms with Gasteiger partial charge in [0.2, 0.25) is 5.91 Å². The summed E-state index contributed by atoms with van der Waals surface area (Å²) in [4.78, 5) is 28.2.